The van der Waals surface area contributed by atoms with Crippen LogP contribution in [0.2, 0.25) is 10.0 Å². The highest BCUT2D eigenvalue weighted by molar-refractivity contribution is 6.37. The van der Waals surface area contributed by atoms with Crippen LogP contribution in [0, 0.1) is 0 Å². The predicted molar refractivity (Wildman–Crippen MR) is 75.2 cm³/mol. The van der Waals surface area contributed by atoms with Crippen LogP contribution in [0.4, 0.5) is 5.69 Å². The van der Waals surface area contributed by atoms with E-state index in [1.165, 1.54) is 12.1 Å². The van der Waals surface area contributed by atoms with E-state index in [9.17, 15) is 9.59 Å². The van der Waals surface area contributed by atoms with Gasteiger partial charge in [-0.3, -0.25) is 4.79 Å². The molecule has 0 aliphatic carbocycles. The Morgan fingerprint density at radius 3 is 2.58 bits per heavy atom. The summed E-state index contributed by atoms with van der Waals surface area (Å²) in [6.07, 6.45) is 0.925. The Balaban J connectivity index is 2.88. The van der Waals surface area contributed by atoms with E-state index >= 15 is 0 Å². The molecule has 0 saturated heterocycles. The summed E-state index contributed by atoms with van der Waals surface area (Å²) in [6.45, 7) is 0.702. The van der Waals surface area contributed by atoms with Gasteiger partial charge in [0.15, 0.2) is 0 Å². The summed E-state index contributed by atoms with van der Waals surface area (Å²) in [5.74, 6) is -1.49. The van der Waals surface area contributed by atoms with Crippen LogP contribution < -0.4 is 10.6 Å². The Bertz CT molecular complexity index is 492. The molecule has 19 heavy (non-hydrogen) atoms. The molecule has 0 saturated carbocycles. The number of carbonyl (C=O) groups is 2. The van der Waals surface area contributed by atoms with E-state index in [-0.39, 0.29) is 33.6 Å². The molecule has 1 amide bonds. The molecule has 7 heteroatoms. The molecule has 0 spiro atoms. The maximum absolute atomic E-state index is 11.7. The van der Waals surface area contributed by atoms with Gasteiger partial charge in [-0.05, 0) is 32.1 Å². The fourth-order valence-electron chi connectivity index (χ4n) is 1.50. The SMILES string of the molecule is CNCCCC(=O)Nc1c(Cl)cc(Cl)cc1C(=O)O. The van der Waals surface area contributed by atoms with Gasteiger partial charge in [-0.2, -0.15) is 0 Å². The summed E-state index contributed by atoms with van der Waals surface area (Å²) < 4.78 is 0. The van der Waals surface area contributed by atoms with Crippen molar-refractivity contribution in [3.63, 3.8) is 0 Å². The molecule has 104 valence electrons. The van der Waals surface area contributed by atoms with Crippen molar-refractivity contribution >= 4 is 40.8 Å². The second-order valence-electron chi connectivity index (χ2n) is 3.87. The zero-order chi connectivity index (χ0) is 14.4. The molecule has 0 aliphatic heterocycles. The van der Waals surface area contributed by atoms with Crippen molar-refractivity contribution in [1.82, 2.24) is 5.32 Å². The lowest BCUT2D eigenvalue weighted by atomic mass is 10.1. The number of carbonyl (C=O) groups excluding carboxylic acids is 1. The first-order valence-electron chi connectivity index (χ1n) is 5.62. The molecule has 0 aromatic heterocycles. The standard InChI is InChI=1S/C12H14Cl2N2O3/c1-15-4-2-3-10(17)16-11-8(12(18)19)5-7(13)6-9(11)14/h5-6,15H,2-4H2,1H3,(H,16,17)(H,18,19). The van der Waals surface area contributed by atoms with Gasteiger partial charge in [0.25, 0.3) is 0 Å². The van der Waals surface area contributed by atoms with Gasteiger partial charge in [-0.1, -0.05) is 23.2 Å². The first kappa shape index (κ1) is 15.8. The molecule has 1 rings (SSSR count). The largest absolute Gasteiger partial charge is 0.478 e. The molecular weight excluding hydrogens is 291 g/mol. The maximum Gasteiger partial charge on any atom is 0.337 e. The van der Waals surface area contributed by atoms with Gasteiger partial charge in [0.1, 0.15) is 0 Å². The van der Waals surface area contributed by atoms with Crippen molar-refractivity contribution in [2.75, 3.05) is 18.9 Å². The molecule has 1 aromatic carbocycles. The highest BCUT2D eigenvalue weighted by atomic mass is 35.5. The van der Waals surface area contributed by atoms with Crippen molar-refractivity contribution < 1.29 is 14.7 Å². The molecule has 0 bridgehead atoms. The molecule has 1 aromatic rings. The number of hydrogen-bond acceptors (Lipinski definition) is 3. The quantitative estimate of drug-likeness (QED) is 0.706. The number of hydrogen-bond donors (Lipinski definition) is 3. The topological polar surface area (TPSA) is 78.4 Å². The first-order valence-corrected chi connectivity index (χ1v) is 6.38. The first-order chi connectivity index (χ1) is 8.95. The van der Waals surface area contributed by atoms with Gasteiger partial charge in [-0.15, -0.1) is 0 Å². The van der Waals surface area contributed by atoms with Crippen LogP contribution in [0.1, 0.15) is 23.2 Å². The van der Waals surface area contributed by atoms with E-state index in [0.717, 1.165) is 0 Å². The Kier molecular flexibility index (Phi) is 6.08. The molecular formula is C12H14Cl2N2O3. The van der Waals surface area contributed by atoms with Gasteiger partial charge in [0.2, 0.25) is 5.91 Å². The zero-order valence-electron chi connectivity index (χ0n) is 10.3. The lowest BCUT2D eigenvalue weighted by Crippen LogP contribution is -2.17. The average molecular weight is 305 g/mol. The van der Waals surface area contributed by atoms with E-state index in [1.807, 2.05) is 0 Å². The molecule has 5 nitrogen and oxygen atoms in total. The van der Waals surface area contributed by atoms with Crippen molar-refractivity contribution in [2.24, 2.45) is 0 Å². The monoisotopic (exact) mass is 304 g/mol. The number of carboxylic acids is 1. The highest BCUT2D eigenvalue weighted by Gasteiger charge is 2.17. The lowest BCUT2D eigenvalue weighted by Gasteiger charge is -2.11. The second-order valence-corrected chi connectivity index (χ2v) is 4.71. The number of halogens is 2. The molecule has 0 heterocycles. The van der Waals surface area contributed by atoms with Crippen molar-refractivity contribution in [2.45, 2.75) is 12.8 Å². The summed E-state index contributed by atoms with van der Waals surface area (Å²) in [5, 5.41) is 14.8. The Morgan fingerprint density at radius 1 is 1.32 bits per heavy atom. The number of rotatable bonds is 6. The Labute approximate surface area is 120 Å². The predicted octanol–water partition coefficient (Wildman–Crippen LogP) is 2.63. The van der Waals surface area contributed by atoms with Crippen LogP contribution in [-0.4, -0.2) is 30.6 Å². The zero-order valence-corrected chi connectivity index (χ0v) is 11.8. The van der Waals surface area contributed by atoms with Gasteiger partial charge in [0, 0.05) is 11.4 Å². The second kappa shape index (κ2) is 7.33. The van der Waals surface area contributed by atoms with Gasteiger partial charge >= 0.3 is 5.97 Å². The summed E-state index contributed by atoms with van der Waals surface area (Å²) >= 11 is 11.6. The van der Waals surface area contributed by atoms with Gasteiger partial charge in [0.05, 0.1) is 16.3 Å². The van der Waals surface area contributed by atoms with Crippen molar-refractivity contribution in [3.8, 4) is 0 Å². The fraction of sp³-hybridized carbons (Fsp3) is 0.333. The molecule has 3 N–H and O–H groups in total. The van der Waals surface area contributed by atoms with E-state index in [0.29, 0.717) is 13.0 Å². The van der Waals surface area contributed by atoms with Crippen LogP contribution in [0.15, 0.2) is 12.1 Å². The minimum absolute atomic E-state index is 0.0769. The highest BCUT2D eigenvalue weighted by Crippen LogP contribution is 2.30. The number of aromatic carboxylic acids is 1. The number of anilines is 1. The molecule has 0 aliphatic rings. The fourth-order valence-corrected chi connectivity index (χ4v) is 2.04. The number of carboxylic acid groups (broad SMARTS) is 1. The van der Waals surface area contributed by atoms with E-state index < -0.39 is 5.97 Å². The van der Waals surface area contributed by atoms with Crippen LogP contribution in [-0.2, 0) is 4.79 Å². The van der Waals surface area contributed by atoms with Crippen LogP contribution in [0.3, 0.4) is 0 Å². The van der Waals surface area contributed by atoms with E-state index in [1.54, 1.807) is 7.05 Å². The number of nitrogens with one attached hydrogen (secondary N) is 2. The smallest absolute Gasteiger partial charge is 0.337 e. The Hall–Kier alpha value is -1.30. The van der Waals surface area contributed by atoms with Crippen molar-refractivity contribution in [3.05, 3.63) is 27.7 Å². The minimum Gasteiger partial charge on any atom is -0.478 e. The third-order valence-electron chi connectivity index (χ3n) is 2.38. The van der Waals surface area contributed by atoms with E-state index in [4.69, 9.17) is 28.3 Å². The minimum atomic E-state index is -1.20. The summed E-state index contributed by atoms with van der Waals surface area (Å²) in [7, 11) is 1.79. The van der Waals surface area contributed by atoms with Gasteiger partial charge < -0.3 is 15.7 Å². The summed E-state index contributed by atoms with van der Waals surface area (Å²) in [6, 6.07) is 2.64. The molecule has 0 atom stereocenters. The number of amides is 1. The normalized spacial score (nSPS) is 10.3. The summed E-state index contributed by atoms with van der Waals surface area (Å²) in [5.41, 5.74) is -0.0486. The molecule has 0 unspecified atom stereocenters. The third kappa shape index (κ3) is 4.70. The Morgan fingerprint density at radius 2 is 2.00 bits per heavy atom. The van der Waals surface area contributed by atoms with Gasteiger partial charge in [-0.25, -0.2) is 4.79 Å². The van der Waals surface area contributed by atoms with Crippen LogP contribution in [0.5, 0.6) is 0 Å². The van der Waals surface area contributed by atoms with Crippen LogP contribution >= 0.6 is 23.2 Å². The molecule has 0 fully saturated rings. The van der Waals surface area contributed by atoms with Crippen molar-refractivity contribution in [1.29, 1.82) is 0 Å². The third-order valence-corrected chi connectivity index (χ3v) is 2.90. The lowest BCUT2D eigenvalue weighted by molar-refractivity contribution is -0.116. The summed E-state index contributed by atoms with van der Waals surface area (Å²) in [4.78, 5) is 22.8. The van der Waals surface area contributed by atoms with Crippen LogP contribution in [0.25, 0.3) is 0 Å². The maximum atomic E-state index is 11.7. The van der Waals surface area contributed by atoms with E-state index in [2.05, 4.69) is 10.6 Å². The molecule has 0 radical (unpaired) electrons. The number of benzene rings is 1. The average Bonchev–Trinajstić information content (AvgIpc) is 2.32.